The van der Waals surface area contributed by atoms with Gasteiger partial charge in [-0.15, -0.1) is 0 Å². The second-order valence-corrected chi connectivity index (χ2v) is 9.88. The first kappa shape index (κ1) is 26.6. The summed E-state index contributed by atoms with van der Waals surface area (Å²) in [6, 6.07) is 13.9. The topological polar surface area (TPSA) is 106 Å². The lowest BCUT2D eigenvalue weighted by Gasteiger charge is -2.37. The minimum Gasteiger partial charge on any atom is -0.489 e. The first-order valence-corrected chi connectivity index (χ1v) is 13.4. The quantitative estimate of drug-likeness (QED) is 0.281. The lowest BCUT2D eigenvalue weighted by Crippen LogP contribution is -2.48. The minimum atomic E-state index is -0.269. The summed E-state index contributed by atoms with van der Waals surface area (Å²) >= 11 is 5.98. The highest BCUT2D eigenvalue weighted by atomic mass is 35.5. The number of rotatable bonds is 11. The van der Waals surface area contributed by atoms with Crippen molar-refractivity contribution in [3.8, 4) is 17.0 Å². The maximum Gasteiger partial charge on any atom is 0.222 e. The summed E-state index contributed by atoms with van der Waals surface area (Å²) in [5.41, 5.74) is 11.7. The Morgan fingerprint density at radius 2 is 1.71 bits per heavy atom. The second-order valence-electron chi connectivity index (χ2n) is 9.45. The number of aliphatic hydroxyl groups excluding tert-OH is 1. The number of benzene rings is 2. The molecule has 1 aromatic heterocycles. The summed E-state index contributed by atoms with van der Waals surface area (Å²) < 4.78 is 16.5. The van der Waals surface area contributed by atoms with E-state index in [0.717, 1.165) is 79.0 Å². The highest BCUT2D eigenvalue weighted by molar-refractivity contribution is 6.30. The van der Waals surface area contributed by atoms with Crippen LogP contribution >= 0.6 is 11.6 Å². The number of ether oxygens (including phenoxy) is 3. The van der Waals surface area contributed by atoms with Crippen LogP contribution in [0.1, 0.15) is 16.7 Å². The van der Waals surface area contributed by atoms with E-state index in [1.54, 1.807) is 0 Å². The fourth-order valence-corrected chi connectivity index (χ4v) is 5.10. The average molecular weight is 540 g/mol. The average Bonchev–Trinajstić information content (AvgIpc) is 2.94. The van der Waals surface area contributed by atoms with E-state index in [1.807, 2.05) is 30.3 Å². The van der Waals surface area contributed by atoms with Gasteiger partial charge in [-0.1, -0.05) is 23.7 Å². The molecular weight excluding hydrogens is 506 g/mol. The summed E-state index contributed by atoms with van der Waals surface area (Å²) in [6.45, 7) is 6.24. The summed E-state index contributed by atoms with van der Waals surface area (Å²) in [5.74, 6) is 2.10. The summed E-state index contributed by atoms with van der Waals surface area (Å²) in [5, 5.41) is 9.36. The van der Waals surface area contributed by atoms with Crippen molar-refractivity contribution in [2.45, 2.75) is 19.4 Å². The van der Waals surface area contributed by atoms with Gasteiger partial charge >= 0.3 is 0 Å². The van der Waals surface area contributed by atoms with Crippen molar-refractivity contribution >= 4 is 23.4 Å². The van der Waals surface area contributed by atoms with Crippen LogP contribution in [0.2, 0.25) is 5.02 Å². The van der Waals surface area contributed by atoms with E-state index < -0.39 is 0 Å². The molecule has 5 rings (SSSR count). The van der Waals surface area contributed by atoms with Gasteiger partial charge in [-0.2, -0.15) is 4.98 Å². The summed E-state index contributed by atoms with van der Waals surface area (Å²) in [4.78, 5) is 14.1. The number of aromatic nitrogens is 2. The highest BCUT2D eigenvalue weighted by Crippen LogP contribution is 2.38. The number of aryl methyl sites for hydroxylation is 1. The fraction of sp³-hybridized carbons (Fsp3) is 0.429. The van der Waals surface area contributed by atoms with E-state index in [2.05, 4.69) is 31.9 Å². The molecule has 3 aromatic rings. The Labute approximate surface area is 228 Å². The zero-order valence-corrected chi connectivity index (χ0v) is 22.2. The number of nitrogen functional groups attached to an aromatic ring is 1. The van der Waals surface area contributed by atoms with Crippen LogP contribution < -0.4 is 15.4 Å². The molecule has 1 aliphatic carbocycles. The number of anilines is 2. The fourth-order valence-electron chi connectivity index (χ4n) is 4.97. The van der Waals surface area contributed by atoms with Crippen molar-refractivity contribution in [1.82, 2.24) is 14.9 Å². The molecule has 1 fully saturated rings. The predicted molar refractivity (Wildman–Crippen MR) is 148 cm³/mol. The van der Waals surface area contributed by atoms with Gasteiger partial charge in [0.25, 0.3) is 0 Å². The molecule has 0 amide bonds. The van der Waals surface area contributed by atoms with Gasteiger partial charge < -0.3 is 30.0 Å². The van der Waals surface area contributed by atoms with Gasteiger partial charge in [0.05, 0.1) is 25.5 Å². The molecule has 3 N–H and O–H groups in total. The molecule has 0 atom stereocenters. The third kappa shape index (κ3) is 6.54. The van der Waals surface area contributed by atoms with Crippen molar-refractivity contribution in [3.05, 3.63) is 64.2 Å². The van der Waals surface area contributed by atoms with Crippen molar-refractivity contribution < 1.29 is 19.3 Å². The standard InChI is InChI=1S/C28H34ClN5O4/c29-22-4-1-20(2-5-22)18-38-23-6-8-24-21(17-23)3-7-25-26(24)31-28(30)32-27(25)34-11-9-33(10-12-34)13-14-36-15-16-37-19-35/h1-2,4-6,8,17,35H,3,7,9-16,18-19H2,(H2,30,31,32). The summed E-state index contributed by atoms with van der Waals surface area (Å²) in [7, 11) is 0. The molecule has 0 radical (unpaired) electrons. The van der Waals surface area contributed by atoms with Crippen LogP contribution in [-0.2, 0) is 28.9 Å². The number of nitrogens with zero attached hydrogens (tertiary/aromatic N) is 4. The molecule has 0 unspecified atom stereocenters. The molecule has 0 spiro atoms. The zero-order chi connectivity index (χ0) is 26.3. The van der Waals surface area contributed by atoms with E-state index in [0.29, 0.717) is 32.4 Å². The SMILES string of the molecule is Nc1nc2c(c(N3CCN(CCOCCOCO)CC3)n1)CCc1cc(OCc3ccc(Cl)cc3)ccc1-2. The number of aliphatic hydroxyl groups is 1. The number of hydrogen-bond donors (Lipinski definition) is 2. The Morgan fingerprint density at radius 1 is 0.921 bits per heavy atom. The molecule has 1 saturated heterocycles. The molecule has 10 heteroatoms. The molecule has 2 aliphatic rings. The van der Waals surface area contributed by atoms with Crippen LogP contribution in [0.15, 0.2) is 42.5 Å². The number of nitrogens with two attached hydrogens (primary N) is 1. The Kier molecular flexibility index (Phi) is 8.93. The third-order valence-electron chi connectivity index (χ3n) is 6.98. The Morgan fingerprint density at radius 3 is 2.50 bits per heavy atom. The molecule has 0 bridgehead atoms. The maximum atomic E-state index is 8.64. The molecule has 9 nitrogen and oxygen atoms in total. The first-order valence-electron chi connectivity index (χ1n) is 13.0. The van der Waals surface area contributed by atoms with Crippen LogP contribution in [0, 0.1) is 0 Å². The third-order valence-corrected chi connectivity index (χ3v) is 7.24. The van der Waals surface area contributed by atoms with E-state index >= 15 is 0 Å². The Bertz CT molecular complexity index is 1220. The lowest BCUT2D eigenvalue weighted by molar-refractivity contribution is -0.0312. The van der Waals surface area contributed by atoms with Gasteiger partial charge in [0.1, 0.15) is 25.0 Å². The maximum absolute atomic E-state index is 8.64. The minimum absolute atomic E-state index is 0.269. The van der Waals surface area contributed by atoms with Crippen LogP contribution in [0.4, 0.5) is 11.8 Å². The van der Waals surface area contributed by atoms with Crippen LogP contribution in [-0.4, -0.2) is 79.3 Å². The largest absolute Gasteiger partial charge is 0.489 e. The van der Waals surface area contributed by atoms with Gasteiger partial charge in [0.15, 0.2) is 0 Å². The molecule has 1 aliphatic heterocycles. The molecule has 2 aromatic carbocycles. The van der Waals surface area contributed by atoms with Crippen molar-refractivity contribution in [2.24, 2.45) is 0 Å². The number of fused-ring (bicyclic) bond motifs is 3. The van der Waals surface area contributed by atoms with Crippen molar-refractivity contribution in [1.29, 1.82) is 0 Å². The molecule has 0 saturated carbocycles. The van der Waals surface area contributed by atoms with Gasteiger partial charge in [-0.25, -0.2) is 4.98 Å². The molecule has 202 valence electrons. The van der Waals surface area contributed by atoms with E-state index in [9.17, 15) is 0 Å². The van der Waals surface area contributed by atoms with E-state index in [-0.39, 0.29) is 6.79 Å². The highest BCUT2D eigenvalue weighted by Gasteiger charge is 2.27. The van der Waals surface area contributed by atoms with Gasteiger partial charge in [-0.05, 0) is 54.3 Å². The monoisotopic (exact) mass is 539 g/mol. The van der Waals surface area contributed by atoms with Crippen molar-refractivity contribution in [3.63, 3.8) is 0 Å². The van der Waals surface area contributed by atoms with Crippen LogP contribution in [0.5, 0.6) is 5.75 Å². The van der Waals surface area contributed by atoms with Gasteiger partial charge in [0, 0.05) is 48.9 Å². The number of hydrogen-bond acceptors (Lipinski definition) is 9. The lowest BCUT2D eigenvalue weighted by atomic mass is 9.88. The smallest absolute Gasteiger partial charge is 0.222 e. The predicted octanol–water partition coefficient (Wildman–Crippen LogP) is 3.16. The van der Waals surface area contributed by atoms with E-state index in [4.69, 9.17) is 36.7 Å². The molecule has 2 heterocycles. The number of halogens is 1. The van der Waals surface area contributed by atoms with Gasteiger partial charge in [-0.3, -0.25) is 4.90 Å². The van der Waals surface area contributed by atoms with Crippen LogP contribution in [0.25, 0.3) is 11.3 Å². The van der Waals surface area contributed by atoms with Gasteiger partial charge in [0.2, 0.25) is 5.95 Å². The number of piperazine rings is 1. The van der Waals surface area contributed by atoms with E-state index in [1.165, 1.54) is 11.1 Å². The molecule has 38 heavy (non-hydrogen) atoms. The normalized spacial score (nSPS) is 15.3. The van der Waals surface area contributed by atoms with Crippen LogP contribution in [0.3, 0.4) is 0 Å². The Balaban J connectivity index is 1.22. The Hall–Kier alpha value is -2.95. The van der Waals surface area contributed by atoms with Crippen molar-refractivity contribution in [2.75, 3.05) is 70.0 Å². The zero-order valence-electron chi connectivity index (χ0n) is 21.4. The summed E-state index contributed by atoms with van der Waals surface area (Å²) in [6.07, 6.45) is 1.76. The first-order chi connectivity index (χ1) is 18.6. The molecular formula is C28H34ClN5O4. The second kappa shape index (κ2) is 12.7.